The van der Waals surface area contributed by atoms with Crippen molar-refractivity contribution in [3.8, 4) is 0 Å². The van der Waals surface area contributed by atoms with Crippen LogP contribution >= 0.6 is 11.3 Å². The Kier molecular flexibility index (Phi) is 5.24. The minimum absolute atomic E-state index is 0.219. The number of ether oxygens (including phenoxy) is 1. The molecule has 0 aliphatic heterocycles. The van der Waals surface area contributed by atoms with Crippen molar-refractivity contribution in [3.63, 3.8) is 0 Å². The number of esters is 1. The number of aryl methyl sites for hydroxylation is 1. The van der Waals surface area contributed by atoms with Crippen LogP contribution < -0.4 is 5.32 Å². The molecule has 0 radical (unpaired) electrons. The maximum atomic E-state index is 11.4. The standard InChI is InChI=1S/C12H14N4O2S/c17-11(3-2-10-8-19-9-16-10)18-7-6-15-12-13-4-1-5-14-12/h1,4-5,8-9H,2-3,6-7H2,(H,13,14,15). The quantitative estimate of drug-likeness (QED) is 0.611. The Hall–Kier alpha value is -2.02. The van der Waals surface area contributed by atoms with E-state index in [9.17, 15) is 4.79 Å². The van der Waals surface area contributed by atoms with Gasteiger partial charge in [0.1, 0.15) is 6.61 Å². The summed E-state index contributed by atoms with van der Waals surface area (Å²) in [5.74, 6) is 0.310. The molecule has 1 N–H and O–H groups in total. The lowest BCUT2D eigenvalue weighted by Gasteiger charge is -2.05. The summed E-state index contributed by atoms with van der Waals surface area (Å²) in [6.07, 6.45) is 4.27. The predicted octanol–water partition coefficient (Wildman–Crippen LogP) is 1.52. The molecule has 6 nitrogen and oxygen atoms in total. The minimum atomic E-state index is -0.219. The molecule has 2 aromatic heterocycles. The van der Waals surface area contributed by atoms with E-state index < -0.39 is 0 Å². The summed E-state index contributed by atoms with van der Waals surface area (Å²) >= 11 is 1.52. The molecule has 0 aliphatic carbocycles. The van der Waals surface area contributed by atoms with Gasteiger partial charge in [-0.1, -0.05) is 0 Å². The number of hydrogen-bond donors (Lipinski definition) is 1. The number of carbonyl (C=O) groups excluding carboxylic acids is 1. The number of thiazole rings is 1. The second kappa shape index (κ2) is 7.42. The first-order chi connectivity index (χ1) is 9.34. The zero-order chi connectivity index (χ0) is 13.3. The highest BCUT2D eigenvalue weighted by atomic mass is 32.1. The van der Waals surface area contributed by atoms with E-state index in [1.165, 1.54) is 11.3 Å². The average Bonchev–Trinajstić information content (AvgIpc) is 2.96. The number of hydrogen-bond acceptors (Lipinski definition) is 7. The van der Waals surface area contributed by atoms with Gasteiger partial charge in [0.25, 0.3) is 0 Å². The number of nitrogens with one attached hydrogen (secondary N) is 1. The normalized spacial score (nSPS) is 10.1. The van der Waals surface area contributed by atoms with Crippen LogP contribution in [0, 0.1) is 0 Å². The van der Waals surface area contributed by atoms with Gasteiger partial charge in [0.2, 0.25) is 5.95 Å². The number of nitrogens with zero attached hydrogens (tertiary/aromatic N) is 3. The zero-order valence-corrected chi connectivity index (χ0v) is 11.1. The second-order valence-electron chi connectivity index (χ2n) is 3.70. The lowest BCUT2D eigenvalue weighted by molar-refractivity contribution is -0.143. The summed E-state index contributed by atoms with van der Waals surface area (Å²) < 4.78 is 5.08. The Bertz CT molecular complexity index is 490. The Labute approximate surface area is 114 Å². The minimum Gasteiger partial charge on any atom is -0.464 e. The summed E-state index contributed by atoms with van der Waals surface area (Å²) in [6, 6.07) is 1.74. The first kappa shape index (κ1) is 13.4. The fourth-order valence-corrected chi connectivity index (χ4v) is 1.97. The van der Waals surface area contributed by atoms with Gasteiger partial charge in [-0.05, 0) is 6.07 Å². The molecule has 0 bridgehead atoms. The molecule has 100 valence electrons. The van der Waals surface area contributed by atoms with Crippen LogP contribution in [0.15, 0.2) is 29.4 Å². The Morgan fingerprint density at radius 3 is 2.89 bits per heavy atom. The largest absolute Gasteiger partial charge is 0.464 e. The van der Waals surface area contributed by atoms with E-state index in [1.54, 1.807) is 24.0 Å². The van der Waals surface area contributed by atoms with Gasteiger partial charge < -0.3 is 10.1 Å². The van der Waals surface area contributed by atoms with Crippen LogP contribution in [0.2, 0.25) is 0 Å². The van der Waals surface area contributed by atoms with Crippen molar-refractivity contribution in [1.29, 1.82) is 0 Å². The summed E-state index contributed by atoms with van der Waals surface area (Å²) in [4.78, 5) is 23.5. The second-order valence-corrected chi connectivity index (χ2v) is 4.42. The SMILES string of the molecule is O=C(CCc1cscn1)OCCNc1ncccn1. The van der Waals surface area contributed by atoms with Crippen molar-refractivity contribution in [2.75, 3.05) is 18.5 Å². The lowest BCUT2D eigenvalue weighted by Crippen LogP contribution is -2.15. The summed E-state index contributed by atoms with van der Waals surface area (Å²) in [7, 11) is 0. The van der Waals surface area contributed by atoms with Crippen molar-refractivity contribution >= 4 is 23.3 Å². The number of anilines is 1. The Morgan fingerprint density at radius 2 is 2.16 bits per heavy atom. The molecule has 7 heteroatoms. The van der Waals surface area contributed by atoms with Gasteiger partial charge in [0, 0.05) is 24.2 Å². The smallest absolute Gasteiger partial charge is 0.306 e. The van der Waals surface area contributed by atoms with Crippen LogP contribution in [0.25, 0.3) is 0 Å². The highest BCUT2D eigenvalue weighted by Gasteiger charge is 2.04. The van der Waals surface area contributed by atoms with Crippen molar-refractivity contribution in [3.05, 3.63) is 35.0 Å². The van der Waals surface area contributed by atoms with Gasteiger partial charge in [-0.3, -0.25) is 4.79 Å². The molecule has 0 fully saturated rings. The Morgan fingerprint density at radius 1 is 1.32 bits per heavy atom. The third-order valence-corrected chi connectivity index (χ3v) is 2.92. The summed E-state index contributed by atoms with van der Waals surface area (Å²) in [5, 5.41) is 4.89. The highest BCUT2D eigenvalue weighted by molar-refractivity contribution is 7.07. The van der Waals surface area contributed by atoms with Gasteiger partial charge in [-0.2, -0.15) is 0 Å². The van der Waals surface area contributed by atoms with E-state index in [2.05, 4.69) is 20.3 Å². The third-order valence-electron chi connectivity index (χ3n) is 2.28. The number of carbonyl (C=O) groups is 1. The number of rotatable bonds is 7. The van der Waals surface area contributed by atoms with Crippen LogP contribution in [0.5, 0.6) is 0 Å². The van der Waals surface area contributed by atoms with Gasteiger partial charge in [-0.15, -0.1) is 11.3 Å². The molecule has 0 atom stereocenters. The molecular weight excluding hydrogens is 264 g/mol. The molecule has 0 saturated carbocycles. The van der Waals surface area contributed by atoms with Crippen molar-refractivity contribution in [1.82, 2.24) is 15.0 Å². The third kappa shape index (κ3) is 5.01. The van der Waals surface area contributed by atoms with E-state index >= 15 is 0 Å². The van der Waals surface area contributed by atoms with Gasteiger partial charge >= 0.3 is 5.97 Å². The fraction of sp³-hybridized carbons (Fsp3) is 0.333. The van der Waals surface area contributed by atoms with Gasteiger partial charge in [0.05, 0.1) is 24.2 Å². The fourth-order valence-electron chi connectivity index (χ4n) is 1.38. The molecule has 2 aromatic rings. The summed E-state index contributed by atoms with van der Waals surface area (Å²) in [5.41, 5.74) is 2.68. The van der Waals surface area contributed by atoms with E-state index in [4.69, 9.17) is 4.74 Å². The molecular formula is C12H14N4O2S. The topological polar surface area (TPSA) is 77.0 Å². The van der Waals surface area contributed by atoms with Crippen LogP contribution in [-0.2, 0) is 16.0 Å². The monoisotopic (exact) mass is 278 g/mol. The molecule has 0 amide bonds. The van der Waals surface area contributed by atoms with E-state index in [0.717, 1.165) is 5.69 Å². The molecule has 2 rings (SSSR count). The molecule has 19 heavy (non-hydrogen) atoms. The first-order valence-electron chi connectivity index (χ1n) is 5.88. The average molecular weight is 278 g/mol. The lowest BCUT2D eigenvalue weighted by atomic mass is 10.2. The molecule has 2 heterocycles. The van der Waals surface area contributed by atoms with Crippen molar-refractivity contribution in [2.45, 2.75) is 12.8 Å². The maximum absolute atomic E-state index is 11.4. The highest BCUT2D eigenvalue weighted by Crippen LogP contribution is 2.04. The number of aromatic nitrogens is 3. The van der Waals surface area contributed by atoms with Crippen LogP contribution in [0.1, 0.15) is 12.1 Å². The molecule has 0 aliphatic rings. The van der Waals surface area contributed by atoms with Crippen molar-refractivity contribution in [2.24, 2.45) is 0 Å². The molecule has 0 spiro atoms. The first-order valence-corrected chi connectivity index (χ1v) is 6.82. The maximum Gasteiger partial charge on any atom is 0.306 e. The van der Waals surface area contributed by atoms with Gasteiger partial charge in [0.15, 0.2) is 0 Å². The van der Waals surface area contributed by atoms with E-state index in [1.807, 2.05) is 5.38 Å². The van der Waals surface area contributed by atoms with Crippen LogP contribution in [-0.4, -0.2) is 34.1 Å². The molecule has 0 unspecified atom stereocenters. The Balaban J connectivity index is 1.57. The predicted molar refractivity (Wildman–Crippen MR) is 71.9 cm³/mol. The molecule has 0 aromatic carbocycles. The van der Waals surface area contributed by atoms with Crippen molar-refractivity contribution < 1.29 is 9.53 Å². The van der Waals surface area contributed by atoms with Gasteiger partial charge in [-0.25, -0.2) is 15.0 Å². The van der Waals surface area contributed by atoms with E-state index in [-0.39, 0.29) is 5.97 Å². The van der Waals surface area contributed by atoms with Crippen LogP contribution in [0.3, 0.4) is 0 Å². The molecule has 0 saturated heterocycles. The zero-order valence-electron chi connectivity index (χ0n) is 10.3. The van der Waals surface area contributed by atoms with E-state index in [0.29, 0.717) is 31.9 Å². The van der Waals surface area contributed by atoms with Crippen LogP contribution in [0.4, 0.5) is 5.95 Å². The summed E-state index contributed by atoms with van der Waals surface area (Å²) in [6.45, 7) is 0.792.